The number of halogens is 1. The highest BCUT2D eigenvalue weighted by molar-refractivity contribution is 9.10. The van der Waals surface area contributed by atoms with Gasteiger partial charge in [0.1, 0.15) is 5.58 Å². The van der Waals surface area contributed by atoms with Gasteiger partial charge in [-0.2, -0.15) is 0 Å². The van der Waals surface area contributed by atoms with Crippen LogP contribution in [0, 0.1) is 0 Å². The zero-order valence-corrected chi connectivity index (χ0v) is 17.2. The number of rotatable bonds is 4. The third-order valence-corrected chi connectivity index (χ3v) is 5.73. The standard InChI is InChI=1S/C21H12BrNO5S/c22-15-7-5-12(6-8-15)16(24)11-23-19(25)18(29-21(23)27)10-14-9-13-3-1-2-4-17(13)28-20(14)26/h1-10H,11H2/b18-10+. The van der Waals surface area contributed by atoms with Gasteiger partial charge in [-0.25, -0.2) is 4.79 Å². The van der Waals surface area contributed by atoms with Gasteiger partial charge in [-0.15, -0.1) is 0 Å². The largest absolute Gasteiger partial charge is 0.422 e. The number of benzene rings is 2. The number of carbonyl (C=O) groups excluding carboxylic acids is 3. The number of imide groups is 1. The molecule has 1 aliphatic heterocycles. The second kappa shape index (κ2) is 7.81. The minimum absolute atomic E-state index is 0.0705. The van der Waals surface area contributed by atoms with E-state index in [-0.39, 0.29) is 22.8 Å². The molecule has 8 heteroatoms. The van der Waals surface area contributed by atoms with Gasteiger partial charge in [0, 0.05) is 15.4 Å². The molecule has 0 bridgehead atoms. The van der Waals surface area contributed by atoms with Crippen molar-refractivity contribution in [2.45, 2.75) is 0 Å². The number of Topliss-reactive ketones (excluding diaryl/α,β-unsaturated/α-hetero) is 1. The van der Waals surface area contributed by atoms with Crippen LogP contribution in [0.3, 0.4) is 0 Å². The lowest BCUT2D eigenvalue weighted by molar-refractivity contribution is -0.122. The monoisotopic (exact) mass is 469 g/mol. The molecular weight excluding hydrogens is 458 g/mol. The average Bonchev–Trinajstić information content (AvgIpc) is 2.96. The van der Waals surface area contributed by atoms with Crippen molar-refractivity contribution in [3.8, 4) is 0 Å². The highest BCUT2D eigenvalue weighted by Crippen LogP contribution is 2.32. The van der Waals surface area contributed by atoms with E-state index in [1.54, 1.807) is 54.6 Å². The van der Waals surface area contributed by atoms with E-state index in [1.165, 1.54) is 6.08 Å². The first-order chi connectivity index (χ1) is 13.9. The van der Waals surface area contributed by atoms with Crippen molar-refractivity contribution >= 4 is 61.7 Å². The molecule has 6 nitrogen and oxygen atoms in total. The van der Waals surface area contributed by atoms with Gasteiger partial charge in [0.15, 0.2) is 5.78 Å². The van der Waals surface area contributed by atoms with Crippen LogP contribution in [0.15, 0.2) is 73.2 Å². The van der Waals surface area contributed by atoms with Crippen molar-refractivity contribution in [2.24, 2.45) is 0 Å². The smallest absolute Gasteiger partial charge is 0.343 e. The van der Waals surface area contributed by atoms with E-state index in [2.05, 4.69) is 15.9 Å². The second-order valence-electron chi connectivity index (χ2n) is 6.22. The number of ketones is 1. The Labute approximate surface area is 177 Å². The van der Waals surface area contributed by atoms with Gasteiger partial charge in [0.2, 0.25) is 0 Å². The van der Waals surface area contributed by atoms with Crippen LogP contribution in [0.2, 0.25) is 0 Å². The van der Waals surface area contributed by atoms with Gasteiger partial charge in [0.05, 0.1) is 17.0 Å². The van der Waals surface area contributed by atoms with Gasteiger partial charge in [0.25, 0.3) is 11.1 Å². The second-order valence-corrected chi connectivity index (χ2v) is 8.13. The normalized spacial score (nSPS) is 15.5. The summed E-state index contributed by atoms with van der Waals surface area (Å²) in [5.41, 5.74) is 0.379. The molecule has 4 rings (SSSR count). The topological polar surface area (TPSA) is 84.7 Å². The Balaban J connectivity index is 1.59. The van der Waals surface area contributed by atoms with Crippen LogP contribution in [-0.2, 0) is 4.79 Å². The molecule has 1 aliphatic rings. The van der Waals surface area contributed by atoms with Gasteiger partial charge < -0.3 is 4.42 Å². The Hall–Kier alpha value is -2.97. The fourth-order valence-corrected chi connectivity index (χ4v) is 3.92. The molecule has 1 aromatic heterocycles. The molecule has 0 aliphatic carbocycles. The van der Waals surface area contributed by atoms with Crippen molar-refractivity contribution in [1.29, 1.82) is 0 Å². The minimum atomic E-state index is -0.613. The van der Waals surface area contributed by atoms with Crippen LogP contribution in [0.1, 0.15) is 15.9 Å². The van der Waals surface area contributed by atoms with Crippen molar-refractivity contribution in [1.82, 2.24) is 4.90 Å². The zero-order chi connectivity index (χ0) is 20.5. The summed E-state index contributed by atoms with van der Waals surface area (Å²) in [5, 5.41) is 0.139. The van der Waals surface area contributed by atoms with Gasteiger partial charge in [-0.05, 0) is 42.1 Å². The molecular formula is C21H12BrNO5S. The van der Waals surface area contributed by atoms with Gasteiger partial charge >= 0.3 is 5.63 Å². The first kappa shape index (κ1) is 19.4. The molecule has 0 atom stereocenters. The summed E-state index contributed by atoms with van der Waals surface area (Å²) in [6, 6.07) is 15.2. The zero-order valence-electron chi connectivity index (χ0n) is 14.8. The van der Waals surface area contributed by atoms with E-state index in [4.69, 9.17) is 4.42 Å². The van der Waals surface area contributed by atoms with Crippen LogP contribution in [0.5, 0.6) is 0 Å². The van der Waals surface area contributed by atoms with E-state index in [9.17, 15) is 19.2 Å². The number of amides is 2. The van der Waals surface area contributed by atoms with E-state index < -0.39 is 16.8 Å². The minimum Gasteiger partial charge on any atom is -0.422 e. The summed E-state index contributed by atoms with van der Waals surface area (Å²) in [6.07, 6.45) is 1.33. The maximum atomic E-state index is 12.6. The number of carbonyl (C=O) groups is 3. The molecule has 2 amide bonds. The van der Waals surface area contributed by atoms with Crippen LogP contribution in [0.25, 0.3) is 17.0 Å². The van der Waals surface area contributed by atoms with Crippen LogP contribution in [0.4, 0.5) is 4.79 Å². The van der Waals surface area contributed by atoms with E-state index in [0.717, 1.165) is 9.37 Å². The predicted octanol–water partition coefficient (Wildman–Crippen LogP) is 4.47. The lowest BCUT2D eigenvalue weighted by Crippen LogP contribution is -2.33. The van der Waals surface area contributed by atoms with Gasteiger partial charge in [-0.1, -0.05) is 46.3 Å². The first-order valence-corrected chi connectivity index (χ1v) is 10.1. The van der Waals surface area contributed by atoms with Crippen LogP contribution in [-0.4, -0.2) is 28.4 Å². The molecule has 1 fully saturated rings. The molecule has 1 saturated heterocycles. The third-order valence-electron chi connectivity index (χ3n) is 4.30. The molecule has 0 N–H and O–H groups in total. The number of para-hydroxylation sites is 1. The average molecular weight is 470 g/mol. The highest BCUT2D eigenvalue weighted by Gasteiger charge is 2.36. The molecule has 2 aromatic carbocycles. The lowest BCUT2D eigenvalue weighted by Gasteiger charge is -2.11. The molecule has 0 saturated carbocycles. The van der Waals surface area contributed by atoms with Crippen molar-refractivity contribution < 1.29 is 18.8 Å². The summed E-state index contributed by atoms with van der Waals surface area (Å²) in [4.78, 5) is 50.5. The van der Waals surface area contributed by atoms with Crippen LogP contribution < -0.4 is 5.63 Å². The maximum Gasteiger partial charge on any atom is 0.343 e. The van der Waals surface area contributed by atoms with Crippen molar-refractivity contribution in [3.05, 3.63) is 85.5 Å². The first-order valence-electron chi connectivity index (χ1n) is 8.49. The molecule has 2 heterocycles. The Morgan fingerprint density at radius 2 is 1.79 bits per heavy atom. The summed E-state index contributed by atoms with van der Waals surface area (Å²) in [6.45, 7) is -0.365. The number of fused-ring (bicyclic) bond motifs is 1. The van der Waals surface area contributed by atoms with Crippen molar-refractivity contribution in [2.75, 3.05) is 6.54 Å². The van der Waals surface area contributed by atoms with E-state index in [0.29, 0.717) is 28.3 Å². The van der Waals surface area contributed by atoms with E-state index >= 15 is 0 Å². The number of nitrogens with zero attached hydrogens (tertiary/aromatic N) is 1. The predicted molar refractivity (Wildman–Crippen MR) is 114 cm³/mol. The lowest BCUT2D eigenvalue weighted by atomic mass is 10.1. The number of hydrogen-bond donors (Lipinski definition) is 0. The molecule has 0 unspecified atom stereocenters. The number of thioether (sulfide) groups is 1. The Bertz CT molecular complexity index is 1250. The SMILES string of the molecule is O=C(CN1C(=O)S/C(=C/c2cc3ccccc3oc2=O)C1=O)c1ccc(Br)cc1. The molecule has 144 valence electrons. The highest BCUT2D eigenvalue weighted by atomic mass is 79.9. The quantitative estimate of drug-likeness (QED) is 0.318. The third kappa shape index (κ3) is 3.94. The summed E-state index contributed by atoms with van der Waals surface area (Å²) >= 11 is 3.98. The summed E-state index contributed by atoms with van der Waals surface area (Å²) < 4.78 is 6.06. The van der Waals surface area contributed by atoms with Gasteiger partial charge in [-0.3, -0.25) is 19.3 Å². The van der Waals surface area contributed by atoms with Crippen LogP contribution >= 0.6 is 27.7 Å². The maximum absolute atomic E-state index is 12.6. The molecule has 0 radical (unpaired) electrons. The number of hydrogen-bond acceptors (Lipinski definition) is 6. The van der Waals surface area contributed by atoms with Crippen molar-refractivity contribution in [3.63, 3.8) is 0 Å². The van der Waals surface area contributed by atoms with E-state index in [1.807, 2.05) is 0 Å². The Kier molecular flexibility index (Phi) is 5.21. The summed E-state index contributed by atoms with van der Waals surface area (Å²) in [5.74, 6) is -0.968. The summed E-state index contributed by atoms with van der Waals surface area (Å²) in [7, 11) is 0. The Morgan fingerprint density at radius 1 is 1.07 bits per heavy atom. The Morgan fingerprint density at radius 3 is 2.55 bits per heavy atom. The fourth-order valence-electron chi connectivity index (χ4n) is 2.83. The molecule has 0 spiro atoms. The fraction of sp³-hybridized carbons (Fsp3) is 0.0476. The molecule has 3 aromatic rings. The molecule has 29 heavy (non-hydrogen) atoms.